The second-order valence-corrected chi connectivity index (χ2v) is 5.65. The van der Waals surface area contributed by atoms with Gasteiger partial charge in [0.15, 0.2) is 0 Å². The van der Waals surface area contributed by atoms with Gasteiger partial charge in [-0.3, -0.25) is 4.79 Å². The van der Waals surface area contributed by atoms with Crippen LogP contribution >= 0.6 is 0 Å². The number of hydrogen-bond acceptors (Lipinski definition) is 4. The Morgan fingerprint density at radius 3 is 2.82 bits per heavy atom. The van der Waals surface area contributed by atoms with Gasteiger partial charge in [-0.05, 0) is 6.42 Å². The number of rotatable bonds is 5. The highest BCUT2D eigenvalue weighted by Crippen LogP contribution is 2.20. The van der Waals surface area contributed by atoms with Gasteiger partial charge >= 0.3 is 6.18 Å². The maximum atomic E-state index is 11.9. The SMILES string of the molecule is CC(C)c1nnc2n1C[C@H](NC(=O)COCC(F)(F)F)CC2. The molecule has 1 aliphatic heterocycles. The molecule has 0 fully saturated rings. The normalized spacial score (nSPS) is 18.4. The van der Waals surface area contributed by atoms with Gasteiger partial charge in [-0.15, -0.1) is 10.2 Å². The summed E-state index contributed by atoms with van der Waals surface area (Å²) < 4.78 is 42.1. The van der Waals surface area contributed by atoms with E-state index in [1.54, 1.807) is 0 Å². The highest BCUT2D eigenvalue weighted by molar-refractivity contribution is 5.77. The third-order valence-corrected chi connectivity index (χ3v) is 3.36. The van der Waals surface area contributed by atoms with Crippen LogP contribution < -0.4 is 5.32 Å². The number of fused-ring (bicyclic) bond motifs is 1. The number of amides is 1. The first-order valence-corrected chi connectivity index (χ1v) is 7.12. The van der Waals surface area contributed by atoms with Crippen molar-refractivity contribution in [1.29, 1.82) is 0 Å². The third kappa shape index (κ3) is 4.43. The fraction of sp³-hybridized carbons (Fsp3) is 0.769. The molecule has 0 aliphatic carbocycles. The number of carbonyl (C=O) groups is 1. The van der Waals surface area contributed by atoms with E-state index in [1.165, 1.54) is 0 Å². The van der Waals surface area contributed by atoms with E-state index in [-0.39, 0.29) is 12.0 Å². The second-order valence-electron chi connectivity index (χ2n) is 5.65. The van der Waals surface area contributed by atoms with Gasteiger partial charge in [0.2, 0.25) is 5.91 Å². The molecule has 0 aromatic carbocycles. The van der Waals surface area contributed by atoms with Crippen molar-refractivity contribution in [2.75, 3.05) is 13.2 Å². The Labute approximate surface area is 126 Å². The van der Waals surface area contributed by atoms with Gasteiger partial charge < -0.3 is 14.6 Å². The van der Waals surface area contributed by atoms with Crippen LogP contribution in [0.5, 0.6) is 0 Å². The summed E-state index contributed by atoms with van der Waals surface area (Å²) in [6, 6.07) is -0.150. The number of nitrogens with one attached hydrogen (secondary N) is 1. The molecule has 9 heteroatoms. The summed E-state index contributed by atoms with van der Waals surface area (Å²) in [6.07, 6.45) is -3.07. The Kier molecular flexibility index (Phi) is 5.05. The fourth-order valence-corrected chi connectivity index (χ4v) is 2.42. The molecular weight excluding hydrogens is 301 g/mol. The van der Waals surface area contributed by atoms with Crippen LogP contribution in [0, 0.1) is 0 Å². The van der Waals surface area contributed by atoms with Crippen LogP contribution in [0.3, 0.4) is 0 Å². The topological polar surface area (TPSA) is 69.0 Å². The molecule has 22 heavy (non-hydrogen) atoms. The Hall–Kier alpha value is -1.64. The summed E-state index contributed by atoms with van der Waals surface area (Å²) in [5.41, 5.74) is 0. The van der Waals surface area contributed by atoms with Gasteiger partial charge in [0, 0.05) is 24.9 Å². The lowest BCUT2D eigenvalue weighted by Gasteiger charge is -2.26. The van der Waals surface area contributed by atoms with Crippen LogP contribution in [0.1, 0.15) is 37.8 Å². The van der Waals surface area contributed by atoms with Crippen LogP contribution in [0.15, 0.2) is 0 Å². The third-order valence-electron chi connectivity index (χ3n) is 3.36. The van der Waals surface area contributed by atoms with Crippen LogP contribution in [0.4, 0.5) is 13.2 Å². The Morgan fingerprint density at radius 1 is 1.45 bits per heavy atom. The molecule has 2 heterocycles. The molecule has 1 atom stereocenters. The van der Waals surface area contributed by atoms with Gasteiger partial charge in [-0.25, -0.2) is 0 Å². The molecule has 1 aromatic rings. The van der Waals surface area contributed by atoms with Gasteiger partial charge in [-0.1, -0.05) is 13.8 Å². The summed E-state index contributed by atoms with van der Waals surface area (Å²) in [4.78, 5) is 11.6. The molecule has 6 nitrogen and oxygen atoms in total. The van der Waals surface area contributed by atoms with Crippen LogP contribution in [-0.4, -0.2) is 46.1 Å². The van der Waals surface area contributed by atoms with Crippen LogP contribution in [0.25, 0.3) is 0 Å². The van der Waals surface area contributed by atoms with Crippen LogP contribution in [0.2, 0.25) is 0 Å². The summed E-state index contributed by atoms with van der Waals surface area (Å²) >= 11 is 0. The van der Waals surface area contributed by atoms with E-state index >= 15 is 0 Å². The highest BCUT2D eigenvalue weighted by Gasteiger charge is 2.28. The number of alkyl halides is 3. The minimum atomic E-state index is -4.42. The molecule has 0 bridgehead atoms. The number of halogens is 3. The number of aryl methyl sites for hydroxylation is 1. The van der Waals surface area contributed by atoms with E-state index in [1.807, 2.05) is 18.4 Å². The minimum absolute atomic E-state index is 0.150. The standard InChI is InChI=1S/C13H19F3N4O2/c1-8(2)12-19-18-10-4-3-9(5-20(10)12)17-11(21)6-22-7-13(14,15)16/h8-9H,3-7H2,1-2H3,(H,17,21)/t9-/m1/s1. The first-order chi connectivity index (χ1) is 10.3. The molecular formula is C13H19F3N4O2. The molecule has 0 radical (unpaired) electrons. The fourth-order valence-electron chi connectivity index (χ4n) is 2.42. The van der Waals surface area contributed by atoms with E-state index in [2.05, 4.69) is 20.3 Å². The van der Waals surface area contributed by atoms with Crippen molar-refractivity contribution in [2.24, 2.45) is 0 Å². The van der Waals surface area contributed by atoms with Crippen molar-refractivity contribution < 1.29 is 22.7 Å². The lowest BCUT2D eigenvalue weighted by molar-refractivity contribution is -0.175. The van der Waals surface area contributed by atoms with Gasteiger partial charge in [0.1, 0.15) is 24.9 Å². The lowest BCUT2D eigenvalue weighted by Crippen LogP contribution is -2.43. The predicted octanol–water partition coefficient (Wildman–Crippen LogP) is 1.41. The van der Waals surface area contributed by atoms with E-state index in [0.29, 0.717) is 19.4 Å². The first-order valence-electron chi connectivity index (χ1n) is 7.12. The second kappa shape index (κ2) is 6.64. The van der Waals surface area contributed by atoms with E-state index in [9.17, 15) is 18.0 Å². The summed E-state index contributed by atoms with van der Waals surface area (Å²) in [5, 5.41) is 11.0. The van der Waals surface area contributed by atoms with Crippen molar-refractivity contribution in [3.05, 3.63) is 11.6 Å². The largest absolute Gasteiger partial charge is 0.411 e. The predicted molar refractivity (Wildman–Crippen MR) is 71.2 cm³/mol. The van der Waals surface area contributed by atoms with E-state index in [4.69, 9.17) is 0 Å². The number of aromatic nitrogens is 3. The monoisotopic (exact) mass is 320 g/mol. The Balaban J connectivity index is 1.85. The van der Waals surface area contributed by atoms with Gasteiger partial charge in [-0.2, -0.15) is 13.2 Å². The molecule has 0 unspecified atom stereocenters. The Bertz CT molecular complexity index is 528. The summed E-state index contributed by atoms with van der Waals surface area (Å²) in [6.45, 7) is 2.52. The molecule has 1 aliphatic rings. The zero-order valence-electron chi connectivity index (χ0n) is 12.5. The molecule has 124 valence electrons. The highest BCUT2D eigenvalue weighted by atomic mass is 19.4. The molecule has 1 aromatic heterocycles. The molecule has 0 saturated heterocycles. The molecule has 1 amide bonds. The summed E-state index contributed by atoms with van der Waals surface area (Å²) in [5.74, 6) is 1.40. The quantitative estimate of drug-likeness (QED) is 0.891. The van der Waals surface area contributed by atoms with Crippen molar-refractivity contribution in [2.45, 2.75) is 51.4 Å². The number of ether oxygens (including phenoxy) is 1. The average molecular weight is 320 g/mol. The number of carbonyl (C=O) groups excluding carboxylic acids is 1. The van der Waals surface area contributed by atoms with Crippen LogP contribution in [-0.2, 0) is 22.5 Å². The van der Waals surface area contributed by atoms with E-state index < -0.39 is 25.3 Å². The van der Waals surface area contributed by atoms with Crippen molar-refractivity contribution >= 4 is 5.91 Å². The first kappa shape index (κ1) is 16.7. The van der Waals surface area contributed by atoms with E-state index in [0.717, 1.165) is 11.6 Å². The Morgan fingerprint density at radius 2 is 2.18 bits per heavy atom. The molecule has 2 rings (SSSR count). The number of nitrogens with zero attached hydrogens (tertiary/aromatic N) is 3. The minimum Gasteiger partial charge on any atom is -0.362 e. The molecule has 0 spiro atoms. The molecule has 1 N–H and O–H groups in total. The number of hydrogen-bond donors (Lipinski definition) is 1. The zero-order valence-corrected chi connectivity index (χ0v) is 12.5. The van der Waals surface area contributed by atoms with Gasteiger partial charge in [0.05, 0.1) is 0 Å². The summed E-state index contributed by atoms with van der Waals surface area (Å²) in [7, 11) is 0. The zero-order chi connectivity index (χ0) is 16.3. The maximum Gasteiger partial charge on any atom is 0.411 e. The molecule has 0 saturated carbocycles. The van der Waals surface area contributed by atoms with Crippen molar-refractivity contribution in [3.63, 3.8) is 0 Å². The average Bonchev–Trinajstić information content (AvgIpc) is 2.80. The lowest BCUT2D eigenvalue weighted by atomic mass is 10.1. The van der Waals surface area contributed by atoms with Gasteiger partial charge in [0.25, 0.3) is 0 Å². The van der Waals surface area contributed by atoms with Crippen molar-refractivity contribution in [3.8, 4) is 0 Å². The maximum absolute atomic E-state index is 11.9. The van der Waals surface area contributed by atoms with Crippen molar-refractivity contribution in [1.82, 2.24) is 20.1 Å². The smallest absolute Gasteiger partial charge is 0.362 e.